The molecule has 1 aromatic carbocycles. The van der Waals surface area contributed by atoms with Crippen molar-refractivity contribution in [3.63, 3.8) is 0 Å². The number of aliphatic hydroxyl groups is 2. The van der Waals surface area contributed by atoms with Crippen LogP contribution in [0.25, 0.3) is 0 Å². The summed E-state index contributed by atoms with van der Waals surface area (Å²) in [4.78, 5) is 14.6. The van der Waals surface area contributed by atoms with E-state index in [4.69, 9.17) is 9.47 Å². The van der Waals surface area contributed by atoms with Crippen molar-refractivity contribution in [1.29, 1.82) is 0 Å². The van der Waals surface area contributed by atoms with E-state index in [1.54, 1.807) is 7.11 Å². The van der Waals surface area contributed by atoms with E-state index in [0.717, 1.165) is 50.2 Å². The molecule has 30 heavy (non-hydrogen) atoms. The number of alkyl carbamates (subject to hydrolysis) is 1. The number of hydrogen-bond acceptors (Lipinski definition) is 7. The molecule has 0 bridgehead atoms. The monoisotopic (exact) mass is 419 g/mol. The second-order valence-electron chi connectivity index (χ2n) is 9.02. The Kier molecular flexibility index (Phi) is 6.48. The van der Waals surface area contributed by atoms with Crippen LogP contribution in [0, 0.1) is 5.41 Å². The van der Waals surface area contributed by atoms with Gasteiger partial charge in [0, 0.05) is 26.2 Å². The van der Waals surface area contributed by atoms with Gasteiger partial charge < -0.3 is 35.2 Å². The van der Waals surface area contributed by atoms with Crippen LogP contribution in [-0.4, -0.2) is 85.4 Å². The van der Waals surface area contributed by atoms with Crippen molar-refractivity contribution >= 4 is 6.09 Å². The Hall–Kier alpha value is -1.87. The SMILES string of the molecule is COc1ccc(C[C@H]2NCC(O)[C@H]2OC(=O)NCCN2CCC3(CC(O)C3)C2)cc1. The van der Waals surface area contributed by atoms with Gasteiger partial charge in [-0.25, -0.2) is 4.79 Å². The van der Waals surface area contributed by atoms with Gasteiger partial charge in [0.2, 0.25) is 0 Å². The van der Waals surface area contributed by atoms with Crippen LogP contribution in [0.5, 0.6) is 5.75 Å². The molecular weight excluding hydrogens is 386 g/mol. The standard InChI is InChI=1S/C22H33N3O5/c1-29-17-4-2-15(3-5-17)10-18-20(19(27)13-24-18)30-21(28)23-7-9-25-8-6-22(14-25)11-16(26)12-22/h2-5,16,18-20,24,26-27H,6-14H2,1H3,(H,23,28)/t16?,18-,19?,20+,22?/m1/s1. The lowest BCUT2D eigenvalue weighted by Gasteiger charge is -2.42. The second kappa shape index (κ2) is 9.09. The lowest BCUT2D eigenvalue weighted by atomic mass is 9.66. The van der Waals surface area contributed by atoms with E-state index in [9.17, 15) is 15.0 Å². The van der Waals surface area contributed by atoms with Crippen molar-refractivity contribution in [3.05, 3.63) is 29.8 Å². The van der Waals surface area contributed by atoms with Crippen molar-refractivity contribution in [2.24, 2.45) is 5.41 Å². The molecule has 0 aromatic heterocycles. The number of aliphatic hydroxyl groups excluding tert-OH is 2. The number of likely N-dealkylation sites (tertiary alicyclic amines) is 1. The number of benzene rings is 1. The van der Waals surface area contributed by atoms with E-state index in [1.807, 2.05) is 24.3 Å². The molecule has 1 aliphatic carbocycles. The van der Waals surface area contributed by atoms with E-state index >= 15 is 0 Å². The molecule has 3 fully saturated rings. The Labute approximate surface area is 177 Å². The number of carbonyl (C=O) groups is 1. The van der Waals surface area contributed by atoms with Crippen LogP contribution in [0.1, 0.15) is 24.8 Å². The maximum atomic E-state index is 12.3. The third-order valence-corrected chi connectivity index (χ3v) is 6.77. The third kappa shape index (κ3) is 4.88. The minimum Gasteiger partial charge on any atom is -0.497 e. The average molecular weight is 420 g/mol. The molecular formula is C22H33N3O5. The highest BCUT2D eigenvalue weighted by atomic mass is 16.6. The molecule has 3 aliphatic rings. The number of amides is 1. The van der Waals surface area contributed by atoms with Gasteiger partial charge in [-0.05, 0) is 55.3 Å². The Morgan fingerprint density at radius 3 is 2.77 bits per heavy atom. The van der Waals surface area contributed by atoms with Crippen LogP contribution in [-0.2, 0) is 11.2 Å². The van der Waals surface area contributed by atoms with Crippen LogP contribution in [0.15, 0.2) is 24.3 Å². The summed E-state index contributed by atoms with van der Waals surface area (Å²) in [6.45, 7) is 3.69. The second-order valence-corrected chi connectivity index (χ2v) is 9.02. The molecule has 1 spiro atoms. The molecule has 166 valence electrons. The van der Waals surface area contributed by atoms with Crippen LogP contribution in [0.3, 0.4) is 0 Å². The molecule has 8 nitrogen and oxygen atoms in total. The predicted octanol–water partition coefficient (Wildman–Crippen LogP) is 0.512. The van der Waals surface area contributed by atoms with Crippen molar-refractivity contribution in [1.82, 2.24) is 15.5 Å². The fourth-order valence-electron chi connectivity index (χ4n) is 5.11. The summed E-state index contributed by atoms with van der Waals surface area (Å²) in [7, 11) is 1.63. The van der Waals surface area contributed by atoms with Crippen molar-refractivity contribution in [2.45, 2.75) is 50.0 Å². The summed E-state index contributed by atoms with van der Waals surface area (Å²) in [5.41, 5.74) is 1.38. The first-order chi connectivity index (χ1) is 14.5. The zero-order valence-electron chi connectivity index (χ0n) is 17.5. The molecule has 1 saturated carbocycles. The summed E-state index contributed by atoms with van der Waals surface area (Å²) in [6.07, 6.45) is 1.66. The summed E-state index contributed by atoms with van der Waals surface area (Å²) >= 11 is 0. The molecule has 2 saturated heterocycles. The lowest BCUT2D eigenvalue weighted by Crippen LogP contribution is -2.44. The number of β-amino-alcohol motifs (C(OH)–C–C–N with tert-alkyl or cyclic N) is 1. The summed E-state index contributed by atoms with van der Waals surface area (Å²) < 4.78 is 10.7. The molecule has 8 heteroatoms. The van der Waals surface area contributed by atoms with Gasteiger partial charge in [-0.15, -0.1) is 0 Å². The predicted molar refractivity (Wildman–Crippen MR) is 111 cm³/mol. The molecule has 3 atom stereocenters. The Morgan fingerprint density at radius 1 is 1.30 bits per heavy atom. The van der Waals surface area contributed by atoms with Crippen LogP contribution in [0.4, 0.5) is 4.79 Å². The number of nitrogens with one attached hydrogen (secondary N) is 2. The van der Waals surface area contributed by atoms with Gasteiger partial charge in [-0.3, -0.25) is 0 Å². The quantitative estimate of drug-likeness (QED) is 0.511. The molecule has 1 aromatic rings. The summed E-state index contributed by atoms with van der Waals surface area (Å²) in [5, 5.41) is 25.9. The first-order valence-corrected chi connectivity index (χ1v) is 10.9. The van der Waals surface area contributed by atoms with Gasteiger partial charge >= 0.3 is 6.09 Å². The van der Waals surface area contributed by atoms with Gasteiger partial charge in [0.15, 0.2) is 0 Å². The van der Waals surface area contributed by atoms with Gasteiger partial charge in [0.25, 0.3) is 0 Å². The number of nitrogens with zero attached hydrogens (tertiary/aromatic N) is 1. The smallest absolute Gasteiger partial charge is 0.407 e. The van der Waals surface area contributed by atoms with Gasteiger partial charge in [-0.2, -0.15) is 0 Å². The molecule has 4 rings (SSSR count). The Bertz CT molecular complexity index is 722. The number of rotatable bonds is 7. The number of methoxy groups -OCH3 is 1. The van der Waals surface area contributed by atoms with E-state index in [2.05, 4.69) is 15.5 Å². The zero-order chi connectivity index (χ0) is 21.1. The van der Waals surface area contributed by atoms with Crippen LogP contribution >= 0.6 is 0 Å². The molecule has 4 N–H and O–H groups in total. The lowest BCUT2D eigenvalue weighted by molar-refractivity contribution is -0.0250. The van der Waals surface area contributed by atoms with Crippen LogP contribution in [0.2, 0.25) is 0 Å². The first-order valence-electron chi connectivity index (χ1n) is 10.9. The maximum absolute atomic E-state index is 12.3. The van der Waals surface area contributed by atoms with Gasteiger partial charge in [0.05, 0.1) is 19.3 Å². The van der Waals surface area contributed by atoms with Gasteiger partial charge in [-0.1, -0.05) is 12.1 Å². The van der Waals surface area contributed by atoms with Crippen LogP contribution < -0.4 is 15.4 Å². The minimum atomic E-state index is -0.720. The fraction of sp³-hybridized carbons (Fsp3) is 0.682. The average Bonchev–Trinajstić information content (AvgIpc) is 3.27. The van der Waals surface area contributed by atoms with E-state index < -0.39 is 18.3 Å². The third-order valence-electron chi connectivity index (χ3n) is 6.77. The largest absolute Gasteiger partial charge is 0.497 e. The molecule has 2 aliphatic heterocycles. The van der Waals surface area contributed by atoms with E-state index in [0.29, 0.717) is 24.9 Å². The normalized spacial score (nSPS) is 33.4. The molecule has 1 amide bonds. The van der Waals surface area contributed by atoms with Crippen molar-refractivity contribution < 1.29 is 24.5 Å². The minimum absolute atomic E-state index is 0.129. The molecule has 2 heterocycles. The number of hydrogen-bond donors (Lipinski definition) is 4. The summed E-state index contributed by atoms with van der Waals surface area (Å²) in [5.74, 6) is 0.794. The number of carbonyl (C=O) groups excluding carboxylic acids is 1. The fourth-order valence-corrected chi connectivity index (χ4v) is 5.11. The van der Waals surface area contributed by atoms with Crippen molar-refractivity contribution in [3.8, 4) is 5.75 Å². The number of ether oxygens (including phenoxy) is 2. The molecule has 0 radical (unpaired) electrons. The van der Waals surface area contributed by atoms with E-state index in [1.165, 1.54) is 0 Å². The Morgan fingerprint density at radius 2 is 2.07 bits per heavy atom. The van der Waals surface area contributed by atoms with Gasteiger partial charge in [0.1, 0.15) is 18.0 Å². The maximum Gasteiger partial charge on any atom is 0.407 e. The topological polar surface area (TPSA) is 103 Å². The van der Waals surface area contributed by atoms with Crippen molar-refractivity contribution in [2.75, 3.05) is 39.8 Å². The zero-order valence-corrected chi connectivity index (χ0v) is 17.5. The molecule has 1 unspecified atom stereocenters. The highest BCUT2D eigenvalue weighted by molar-refractivity contribution is 5.67. The highest BCUT2D eigenvalue weighted by Gasteiger charge is 2.47. The Balaban J connectivity index is 1.20. The summed E-state index contributed by atoms with van der Waals surface area (Å²) in [6, 6.07) is 7.62. The first kappa shape index (κ1) is 21.4. The highest BCUT2D eigenvalue weighted by Crippen LogP contribution is 2.47. The van der Waals surface area contributed by atoms with E-state index in [-0.39, 0.29) is 12.1 Å².